The lowest BCUT2D eigenvalue weighted by atomic mass is 10.1. The number of carbonyl (C=O) groups is 1. The lowest BCUT2D eigenvalue weighted by Gasteiger charge is -2.06. The molecule has 0 aromatic rings. The first-order chi connectivity index (χ1) is 10.7. The van der Waals surface area contributed by atoms with Gasteiger partial charge in [-0.15, -0.1) is 0 Å². The summed E-state index contributed by atoms with van der Waals surface area (Å²) < 4.78 is 5.45. The van der Waals surface area contributed by atoms with Crippen molar-refractivity contribution >= 4 is 5.97 Å². The molecule has 22 heavy (non-hydrogen) atoms. The number of rotatable bonds is 16. The predicted molar refractivity (Wildman–Crippen MR) is 93.0 cm³/mol. The number of unbranched alkanes of at least 4 members (excludes halogenated alkanes) is 10. The van der Waals surface area contributed by atoms with E-state index >= 15 is 0 Å². The number of allylic oxidation sites excluding steroid dienone is 2. The van der Waals surface area contributed by atoms with Crippen molar-refractivity contribution in [3.8, 4) is 0 Å². The fraction of sp³-hybridized carbons (Fsp3) is 0.842. The zero-order valence-electron chi connectivity index (χ0n) is 14.7. The second-order valence-corrected chi connectivity index (χ2v) is 6.09. The Morgan fingerprint density at radius 3 is 2.00 bits per heavy atom. The summed E-state index contributed by atoms with van der Waals surface area (Å²) >= 11 is 0. The number of methoxy groups -OCH3 is 1. The molecule has 0 unspecified atom stereocenters. The number of carboxylic acid groups (broad SMARTS) is 1. The molecule has 0 amide bonds. The van der Waals surface area contributed by atoms with Gasteiger partial charge in [-0.05, 0) is 31.8 Å². The summed E-state index contributed by atoms with van der Waals surface area (Å²) in [6.07, 6.45) is 18.0. The van der Waals surface area contributed by atoms with Crippen molar-refractivity contribution in [2.75, 3.05) is 7.11 Å². The molecule has 0 fully saturated rings. The Kier molecular flexibility index (Phi) is 15.6. The average Bonchev–Trinajstić information content (AvgIpc) is 2.50. The molecule has 1 N–H and O–H groups in total. The Bertz CT molecular complexity index is 284. The summed E-state index contributed by atoms with van der Waals surface area (Å²) in [5.41, 5.74) is 0. The lowest BCUT2D eigenvalue weighted by Crippen LogP contribution is -1.93. The van der Waals surface area contributed by atoms with Gasteiger partial charge in [0.15, 0.2) is 0 Å². The average molecular weight is 312 g/mol. The quantitative estimate of drug-likeness (QED) is 0.277. The molecule has 0 spiro atoms. The second-order valence-electron chi connectivity index (χ2n) is 6.09. The van der Waals surface area contributed by atoms with E-state index < -0.39 is 5.97 Å². The van der Waals surface area contributed by atoms with Gasteiger partial charge < -0.3 is 9.84 Å². The number of hydrogen-bond donors (Lipinski definition) is 1. The molecule has 0 saturated carbocycles. The summed E-state index contributed by atoms with van der Waals surface area (Å²) in [6, 6.07) is 0. The van der Waals surface area contributed by atoms with Gasteiger partial charge in [0.2, 0.25) is 0 Å². The molecule has 0 aliphatic rings. The highest BCUT2D eigenvalue weighted by Crippen LogP contribution is 2.14. The third kappa shape index (κ3) is 15.4. The number of carboxylic acids is 1. The zero-order valence-corrected chi connectivity index (χ0v) is 14.7. The SMILES string of the molecule is CCCCCCCC/C(=C\CCCCCCCC(=O)O)OC. The van der Waals surface area contributed by atoms with Gasteiger partial charge in [0.05, 0.1) is 12.9 Å². The number of aliphatic carboxylic acids is 1. The highest BCUT2D eigenvalue weighted by molar-refractivity contribution is 5.66. The largest absolute Gasteiger partial charge is 0.501 e. The van der Waals surface area contributed by atoms with E-state index in [9.17, 15) is 4.79 Å². The Morgan fingerprint density at radius 2 is 1.41 bits per heavy atom. The summed E-state index contributed by atoms with van der Waals surface area (Å²) in [5, 5.41) is 8.55. The van der Waals surface area contributed by atoms with Crippen molar-refractivity contribution in [1.82, 2.24) is 0 Å². The van der Waals surface area contributed by atoms with Crippen LogP contribution in [0, 0.1) is 0 Å². The van der Waals surface area contributed by atoms with E-state index in [4.69, 9.17) is 9.84 Å². The van der Waals surface area contributed by atoms with Crippen LogP contribution >= 0.6 is 0 Å². The molecule has 0 atom stereocenters. The summed E-state index contributed by atoms with van der Waals surface area (Å²) in [7, 11) is 1.77. The van der Waals surface area contributed by atoms with Gasteiger partial charge in [0.25, 0.3) is 0 Å². The van der Waals surface area contributed by atoms with Gasteiger partial charge in [-0.3, -0.25) is 4.79 Å². The van der Waals surface area contributed by atoms with Crippen LogP contribution in [0.15, 0.2) is 11.8 Å². The molecule has 3 heteroatoms. The van der Waals surface area contributed by atoms with Crippen molar-refractivity contribution < 1.29 is 14.6 Å². The Hall–Kier alpha value is -0.990. The molecule has 130 valence electrons. The molecule has 0 aromatic carbocycles. The van der Waals surface area contributed by atoms with Gasteiger partial charge in [0, 0.05) is 12.8 Å². The smallest absolute Gasteiger partial charge is 0.303 e. The fourth-order valence-corrected chi connectivity index (χ4v) is 2.58. The molecule has 0 aromatic heterocycles. The van der Waals surface area contributed by atoms with Crippen LogP contribution in [-0.4, -0.2) is 18.2 Å². The monoisotopic (exact) mass is 312 g/mol. The maximum Gasteiger partial charge on any atom is 0.303 e. The van der Waals surface area contributed by atoms with E-state index in [1.807, 2.05) is 0 Å². The molecular formula is C19H36O3. The minimum atomic E-state index is -0.678. The van der Waals surface area contributed by atoms with Gasteiger partial charge in [-0.2, -0.15) is 0 Å². The van der Waals surface area contributed by atoms with Crippen LogP contribution in [0.1, 0.15) is 96.8 Å². The van der Waals surface area contributed by atoms with Crippen LogP contribution in [-0.2, 0) is 9.53 Å². The first-order valence-electron chi connectivity index (χ1n) is 9.15. The third-order valence-electron chi connectivity index (χ3n) is 4.01. The topological polar surface area (TPSA) is 46.5 Å². The minimum absolute atomic E-state index is 0.311. The molecule has 0 rings (SSSR count). The van der Waals surface area contributed by atoms with Crippen LogP contribution in [0.3, 0.4) is 0 Å². The normalized spacial score (nSPS) is 11.6. The van der Waals surface area contributed by atoms with Crippen molar-refractivity contribution in [3.05, 3.63) is 11.8 Å². The third-order valence-corrected chi connectivity index (χ3v) is 4.01. The highest BCUT2D eigenvalue weighted by atomic mass is 16.5. The van der Waals surface area contributed by atoms with E-state index in [0.717, 1.165) is 37.9 Å². The molecule has 0 saturated heterocycles. The second kappa shape index (κ2) is 16.4. The Balaban J connectivity index is 3.48. The Morgan fingerprint density at radius 1 is 0.864 bits per heavy atom. The van der Waals surface area contributed by atoms with Gasteiger partial charge in [0.1, 0.15) is 0 Å². The van der Waals surface area contributed by atoms with E-state index in [1.165, 1.54) is 51.4 Å². The van der Waals surface area contributed by atoms with Crippen LogP contribution in [0.25, 0.3) is 0 Å². The van der Waals surface area contributed by atoms with E-state index in [2.05, 4.69) is 13.0 Å². The summed E-state index contributed by atoms with van der Waals surface area (Å²) in [4.78, 5) is 10.4. The minimum Gasteiger partial charge on any atom is -0.501 e. The van der Waals surface area contributed by atoms with Crippen LogP contribution in [0.2, 0.25) is 0 Å². The molecule has 0 heterocycles. The van der Waals surface area contributed by atoms with Crippen LogP contribution in [0.5, 0.6) is 0 Å². The number of ether oxygens (including phenoxy) is 1. The first kappa shape index (κ1) is 21.0. The van der Waals surface area contributed by atoms with Crippen molar-refractivity contribution in [2.24, 2.45) is 0 Å². The molecule has 0 aliphatic carbocycles. The van der Waals surface area contributed by atoms with Crippen LogP contribution < -0.4 is 0 Å². The highest BCUT2D eigenvalue weighted by Gasteiger charge is 1.98. The lowest BCUT2D eigenvalue weighted by molar-refractivity contribution is -0.137. The summed E-state index contributed by atoms with van der Waals surface area (Å²) in [5.74, 6) is 0.462. The molecule has 0 bridgehead atoms. The number of hydrogen-bond acceptors (Lipinski definition) is 2. The van der Waals surface area contributed by atoms with Crippen LogP contribution in [0.4, 0.5) is 0 Å². The predicted octanol–water partition coefficient (Wildman–Crippen LogP) is 6.08. The molecule has 0 radical (unpaired) electrons. The van der Waals surface area contributed by atoms with Gasteiger partial charge in [-0.25, -0.2) is 0 Å². The maximum atomic E-state index is 10.4. The molecule has 3 nitrogen and oxygen atoms in total. The Labute approximate surface area is 137 Å². The maximum absolute atomic E-state index is 10.4. The van der Waals surface area contributed by atoms with E-state index in [0.29, 0.717) is 6.42 Å². The van der Waals surface area contributed by atoms with Crippen molar-refractivity contribution in [2.45, 2.75) is 96.8 Å². The zero-order chi connectivity index (χ0) is 16.5. The van der Waals surface area contributed by atoms with Gasteiger partial charge in [-0.1, -0.05) is 58.3 Å². The molecule has 0 aliphatic heterocycles. The first-order valence-corrected chi connectivity index (χ1v) is 9.15. The van der Waals surface area contributed by atoms with Crippen molar-refractivity contribution in [3.63, 3.8) is 0 Å². The van der Waals surface area contributed by atoms with Crippen molar-refractivity contribution in [1.29, 1.82) is 0 Å². The van der Waals surface area contributed by atoms with Gasteiger partial charge >= 0.3 is 5.97 Å². The summed E-state index contributed by atoms with van der Waals surface area (Å²) in [6.45, 7) is 2.25. The van der Waals surface area contributed by atoms with E-state index in [-0.39, 0.29) is 0 Å². The standard InChI is InChI=1S/C19H36O3/c1-3-4-5-6-9-12-15-18(22-2)16-13-10-7-8-11-14-17-19(20)21/h16H,3-15,17H2,1-2H3,(H,20,21)/b18-16+. The molecular weight excluding hydrogens is 276 g/mol. The fourth-order valence-electron chi connectivity index (χ4n) is 2.58. The van der Waals surface area contributed by atoms with E-state index in [1.54, 1.807) is 7.11 Å².